The Morgan fingerprint density at radius 2 is 2.22 bits per heavy atom. The molecule has 1 aliphatic heterocycles. The molecule has 1 amide bonds. The van der Waals surface area contributed by atoms with Crippen LogP contribution in [0.5, 0.6) is 0 Å². The molecule has 1 heterocycles. The molecule has 4 heteroatoms. The van der Waals surface area contributed by atoms with Crippen molar-refractivity contribution in [3.8, 4) is 0 Å². The van der Waals surface area contributed by atoms with Crippen LogP contribution in [0.15, 0.2) is 30.3 Å². The molecule has 3 N–H and O–H groups in total. The Kier molecular flexibility index (Phi) is 4.73. The van der Waals surface area contributed by atoms with Crippen molar-refractivity contribution in [3.05, 3.63) is 35.9 Å². The summed E-state index contributed by atoms with van der Waals surface area (Å²) in [6, 6.07) is 9.69. The summed E-state index contributed by atoms with van der Waals surface area (Å²) in [5.41, 5.74) is 6.76. The van der Waals surface area contributed by atoms with E-state index in [0.29, 0.717) is 13.0 Å². The lowest BCUT2D eigenvalue weighted by atomic mass is 10.1. The average Bonchev–Trinajstić information content (AvgIpc) is 2.90. The fourth-order valence-corrected chi connectivity index (χ4v) is 2.23. The van der Waals surface area contributed by atoms with Gasteiger partial charge in [-0.15, -0.1) is 0 Å². The van der Waals surface area contributed by atoms with Crippen molar-refractivity contribution in [2.75, 3.05) is 13.2 Å². The number of carbonyl (C=O) groups is 1. The lowest BCUT2D eigenvalue weighted by Gasteiger charge is -2.18. The summed E-state index contributed by atoms with van der Waals surface area (Å²) in [4.78, 5) is 11.9. The molecule has 0 saturated carbocycles. The van der Waals surface area contributed by atoms with Crippen LogP contribution in [-0.2, 0) is 9.53 Å². The third-order valence-electron chi connectivity index (χ3n) is 3.21. The number of hydrogen-bond donors (Lipinski definition) is 2. The van der Waals surface area contributed by atoms with Crippen LogP contribution in [0.25, 0.3) is 0 Å². The number of nitrogens with two attached hydrogens (primary N) is 1. The molecule has 0 spiro atoms. The summed E-state index contributed by atoms with van der Waals surface area (Å²) in [5.74, 6) is 0.0150. The van der Waals surface area contributed by atoms with Gasteiger partial charge in [-0.05, 0) is 18.4 Å². The fourth-order valence-electron chi connectivity index (χ4n) is 2.23. The van der Waals surface area contributed by atoms with E-state index in [1.807, 2.05) is 30.3 Å². The van der Waals surface area contributed by atoms with E-state index in [1.54, 1.807) is 0 Å². The van der Waals surface area contributed by atoms with Crippen LogP contribution in [0.3, 0.4) is 0 Å². The van der Waals surface area contributed by atoms with E-state index in [2.05, 4.69) is 5.32 Å². The molecule has 4 nitrogen and oxygen atoms in total. The molecule has 0 aliphatic carbocycles. The van der Waals surface area contributed by atoms with Crippen LogP contribution in [0.4, 0.5) is 0 Å². The van der Waals surface area contributed by atoms with Crippen LogP contribution in [0.2, 0.25) is 0 Å². The second-order valence-corrected chi connectivity index (χ2v) is 4.61. The molecule has 2 atom stereocenters. The first-order valence-corrected chi connectivity index (χ1v) is 6.45. The predicted octanol–water partition coefficient (Wildman–Crippen LogP) is 1.37. The molecule has 0 bridgehead atoms. The fraction of sp³-hybridized carbons (Fsp3) is 0.500. The Morgan fingerprint density at radius 1 is 1.44 bits per heavy atom. The van der Waals surface area contributed by atoms with Crippen LogP contribution >= 0.6 is 0 Å². The van der Waals surface area contributed by atoms with Gasteiger partial charge in [-0.3, -0.25) is 4.79 Å². The standard InChI is InChI=1S/C14H20N2O2/c15-10-13(11-5-2-1-3-6-11)16-14(17)9-12-7-4-8-18-12/h1-3,5-6,12-13H,4,7-10,15H2,(H,16,17). The van der Waals surface area contributed by atoms with Crippen molar-refractivity contribution in [2.45, 2.75) is 31.4 Å². The average molecular weight is 248 g/mol. The highest BCUT2D eigenvalue weighted by atomic mass is 16.5. The van der Waals surface area contributed by atoms with Gasteiger partial charge in [0, 0.05) is 13.2 Å². The monoisotopic (exact) mass is 248 g/mol. The zero-order valence-electron chi connectivity index (χ0n) is 10.5. The van der Waals surface area contributed by atoms with E-state index in [1.165, 1.54) is 0 Å². The molecule has 1 fully saturated rings. The minimum Gasteiger partial charge on any atom is -0.378 e. The smallest absolute Gasteiger partial charge is 0.223 e. The van der Waals surface area contributed by atoms with Crippen LogP contribution in [0.1, 0.15) is 30.9 Å². The van der Waals surface area contributed by atoms with Crippen molar-refractivity contribution in [3.63, 3.8) is 0 Å². The molecule has 0 radical (unpaired) electrons. The second kappa shape index (κ2) is 6.52. The highest BCUT2D eigenvalue weighted by molar-refractivity contribution is 5.77. The van der Waals surface area contributed by atoms with E-state index in [9.17, 15) is 4.79 Å². The molecule has 0 aromatic heterocycles. The highest BCUT2D eigenvalue weighted by Crippen LogP contribution is 2.16. The van der Waals surface area contributed by atoms with Gasteiger partial charge in [0.2, 0.25) is 5.91 Å². The van der Waals surface area contributed by atoms with Crippen LogP contribution < -0.4 is 11.1 Å². The molecule has 1 aliphatic rings. The van der Waals surface area contributed by atoms with Crippen LogP contribution in [0, 0.1) is 0 Å². The summed E-state index contributed by atoms with van der Waals surface area (Å²) < 4.78 is 5.45. The van der Waals surface area contributed by atoms with Crippen molar-refractivity contribution in [2.24, 2.45) is 5.73 Å². The first-order chi connectivity index (χ1) is 8.79. The number of amides is 1. The summed E-state index contributed by atoms with van der Waals surface area (Å²) in [5, 5.41) is 2.97. The van der Waals surface area contributed by atoms with Gasteiger partial charge in [0.15, 0.2) is 0 Å². The first kappa shape index (κ1) is 13.1. The van der Waals surface area contributed by atoms with Gasteiger partial charge in [0.1, 0.15) is 0 Å². The van der Waals surface area contributed by atoms with E-state index < -0.39 is 0 Å². The van der Waals surface area contributed by atoms with Crippen molar-refractivity contribution in [1.82, 2.24) is 5.32 Å². The minimum absolute atomic E-state index is 0.0150. The SMILES string of the molecule is NCC(NC(=O)CC1CCCO1)c1ccccc1. The molecule has 2 rings (SSSR count). The van der Waals surface area contributed by atoms with Crippen molar-refractivity contribution >= 4 is 5.91 Å². The van der Waals surface area contributed by atoms with Gasteiger partial charge in [0.05, 0.1) is 18.6 Å². The molecule has 98 valence electrons. The zero-order chi connectivity index (χ0) is 12.8. The number of ether oxygens (including phenoxy) is 1. The summed E-state index contributed by atoms with van der Waals surface area (Å²) in [6.45, 7) is 1.18. The molecule has 2 unspecified atom stereocenters. The molecule has 1 aromatic carbocycles. The normalized spacial score (nSPS) is 20.6. The molecule has 1 aromatic rings. The Morgan fingerprint density at radius 3 is 2.83 bits per heavy atom. The molecular formula is C14H20N2O2. The molecule has 1 saturated heterocycles. The number of carbonyl (C=O) groups excluding carboxylic acids is 1. The summed E-state index contributed by atoms with van der Waals surface area (Å²) in [7, 11) is 0. The highest BCUT2D eigenvalue weighted by Gasteiger charge is 2.20. The first-order valence-electron chi connectivity index (χ1n) is 6.45. The van der Waals surface area contributed by atoms with Crippen molar-refractivity contribution in [1.29, 1.82) is 0 Å². The molecular weight excluding hydrogens is 228 g/mol. The van der Waals surface area contributed by atoms with Gasteiger partial charge in [0.25, 0.3) is 0 Å². The van der Waals surface area contributed by atoms with Gasteiger partial charge >= 0.3 is 0 Å². The number of benzene rings is 1. The Bertz CT molecular complexity index is 375. The lowest BCUT2D eigenvalue weighted by Crippen LogP contribution is -2.35. The Balaban J connectivity index is 1.87. The third kappa shape index (κ3) is 3.55. The lowest BCUT2D eigenvalue weighted by molar-refractivity contribution is -0.123. The number of rotatable bonds is 5. The van der Waals surface area contributed by atoms with E-state index in [0.717, 1.165) is 25.0 Å². The number of hydrogen-bond acceptors (Lipinski definition) is 3. The largest absolute Gasteiger partial charge is 0.378 e. The van der Waals surface area contributed by atoms with Gasteiger partial charge < -0.3 is 15.8 Å². The van der Waals surface area contributed by atoms with E-state index in [4.69, 9.17) is 10.5 Å². The van der Waals surface area contributed by atoms with E-state index >= 15 is 0 Å². The Hall–Kier alpha value is -1.39. The summed E-state index contributed by atoms with van der Waals surface area (Å²) >= 11 is 0. The van der Waals surface area contributed by atoms with Gasteiger partial charge in [-0.25, -0.2) is 0 Å². The third-order valence-corrected chi connectivity index (χ3v) is 3.21. The predicted molar refractivity (Wildman–Crippen MR) is 70.0 cm³/mol. The second-order valence-electron chi connectivity index (χ2n) is 4.61. The Labute approximate surface area is 108 Å². The zero-order valence-corrected chi connectivity index (χ0v) is 10.5. The topological polar surface area (TPSA) is 64.3 Å². The van der Waals surface area contributed by atoms with Gasteiger partial charge in [-0.1, -0.05) is 30.3 Å². The van der Waals surface area contributed by atoms with E-state index in [-0.39, 0.29) is 18.1 Å². The quantitative estimate of drug-likeness (QED) is 0.827. The minimum atomic E-state index is -0.111. The van der Waals surface area contributed by atoms with Gasteiger partial charge in [-0.2, -0.15) is 0 Å². The number of nitrogens with one attached hydrogen (secondary N) is 1. The maximum Gasteiger partial charge on any atom is 0.223 e. The maximum atomic E-state index is 11.9. The van der Waals surface area contributed by atoms with Crippen molar-refractivity contribution < 1.29 is 9.53 Å². The molecule has 18 heavy (non-hydrogen) atoms. The van der Waals surface area contributed by atoms with Crippen LogP contribution in [-0.4, -0.2) is 25.2 Å². The maximum absolute atomic E-state index is 11.9. The summed E-state index contributed by atoms with van der Waals surface area (Å²) in [6.07, 6.45) is 2.55.